The molecular weight excluding hydrogens is 368 g/mol. The Hall–Kier alpha value is -2.27. The number of nitrogens with zero attached hydrogens (tertiary/aromatic N) is 1. The maximum absolute atomic E-state index is 12.3. The standard InChI is InChI=1S/C19H17BrN2O2/c1-24-19(23)22-10-9-14-15-11-13(20)7-8-16(15)21-17(14)18(22)12-5-3-2-4-6-12/h2-8,11,18,21H,9-10H2,1H3. The van der Waals surface area contributed by atoms with Crippen LogP contribution in [0.4, 0.5) is 4.79 Å². The summed E-state index contributed by atoms with van der Waals surface area (Å²) in [5.74, 6) is 0. The van der Waals surface area contributed by atoms with E-state index >= 15 is 0 Å². The summed E-state index contributed by atoms with van der Waals surface area (Å²) in [6.07, 6.45) is 0.513. The maximum Gasteiger partial charge on any atom is 0.410 e. The van der Waals surface area contributed by atoms with Crippen molar-refractivity contribution in [3.63, 3.8) is 0 Å². The van der Waals surface area contributed by atoms with Gasteiger partial charge in [0.05, 0.1) is 7.11 Å². The molecule has 2 aromatic carbocycles. The fraction of sp³-hybridized carbons (Fsp3) is 0.211. The molecule has 5 heteroatoms. The third-order valence-corrected chi connectivity index (χ3v) is 5.11. The minimum atomic E-state index is -0.297. The van der Waals surface area contributed by atoms with Crippen molar-refractivity contribution >= 4 is 32.9 Å². The van der Waals surface area contributed by atoms with Gasteiger partial charge in [-0.2, -0.15) is 0 Å². The summed E-state index contributed by atoms with van der Waals surface area (Å²) in [7, 11) is 1.43. The number of aromatic amines is 1. The monoisotopic (exact) mass is 384 g/mol. The van der Waals surface area contributed by atoms with Crippen LogP contribution in [-0.2, 0) is 11.2 Å². The summed E-state index contributed by atoms with van der Waals surface area (Å²) in [5.41, 5.74) is 4.52. The van der Waals surface area contributed by atoms with E-state index in [0.717, 1.165) is 27.7 Å². The third kappa shape index (κ3) is 2.40. The first-order valence-electron chi connectivity index (χ1n) is 7.88. The Labute approximate surface area is 148 Å². The van der Waals surface area contributed by atoms with E-state index in [-0.39, 0.29) is 12.1 Å². The van der Waals surface area contributed by atoms with E-state index in [9.17, 15) is 4.79 Å². The zero-order chi connectivity index (χ0) is 16.7. The molecule has 0 aliphatic carbocycles. The molecule has 4 nitrogen and oxygen atoms in total. The number of aromatic nitrogens is 1. The molecule has 1 aromatic heterocycles. The van der Waals surface area contributed by atoms with Crippen molar-refractivity contribution in [3.8, 4) is 0 Å². The molecule has 0 bridgehead atoms. The molecule has 1 atom stereocenters. The molecule has 2 heterocycles. The molecule has 1 N–H and O–H groups in total. The van der Waals surface area contributed by atoms with Gasteiger partial charge in [0, 0.05) is 27.6 Å². The van der Waals surface area contributed by atoms with Crippen molar-refractivity contribution in [1.29, 1.82) is 0 Å². The average molecular weight is 385 g/mol. The molecular formula is C19H17BrN2O2. The molecule has 0 radical (unpaired) electrons. The van der Waals surface area contributed by atoms with Gasteiger partial charge in [-0.1, -0.05) is 46.3 Å². The van der Waals surface area contributed by atoms with E-state index in [1.807, 2.05) is 24.3 Å². The number of H-pyrrole nitrogens is 1. The highest BCUT2D eigenvalue weighted by molar-refractivity contribution is 9.10. The van der Waals surface area contributed by atoms with Crippen molar-refractivity contribution in [2.24, 2.45) is 0 Å². The topological polar surface area (TPSA) is 45.3 Å². The lowest BCUT2D eigenvalue weighted by Crippen LogP contribution is -2.40. The Balaban J connectivity index is 1.92. The van der Waals surface area contributed by atoms with Crippen molar-refractivity contribution in [2.75, 3.05) is 13.7 Å². The van der Waals surface area contributed by atoms with E-state index in [0.29, 0.717) is 6.54 Å². The second-order valence-electron chi connectivity index (χ2n) is 5.93. The number of amides is 1. The second-order valence-corrected chi connectivity index (χ2v) is 6.85. The first-order valence-corrected chi connectivity index (χ1v) is 8.68. The molecule has 4 rings (SSSR count). The molecule has 24 heavy (non-hydrogen) atoms. The summed E-state index contributed by atoms with van der Waals surface area (Å²) >= 11 is 3.55. The van der Waals surface area contributed by atoms with Crippen molar-refractivity contribution < 1.29 is 9.53 Å². The summed E-state index contributed by atoms with van der Waals surface area (Å²) in [6.45, 7) is 0.638. The van der Waals surface area contributed by atoms with Crippen LogP contribution in [0.15, 0.2) is 53.0 Å². The maximum atomic E-state index is 12.3. The van der Waals surface area contributed by atoms with Crippen molar-refractivity contribution in [3.05, 3.63) is 69.8 Å². The van der Waals surface area contributed by atoms with Crippen LogP contribution in [0.3, 0.4) is 0 Å². The molecule has 0 saturated carbocycles. The largest absolute Gasteiger partial charge is 0.453 e. The highest BCUT2D eigenvalue weighted by Gasteiger charge is 2.34. The Kier molecular flexibility index (Phi) is 3.81. The van der Waals surface area contributed by atoms with Gasteiger partial charge in [0.25, 0.3) is 0 Å². The van der Waals surface area contributed by atoms with Crippen molar-refractivity contribution in [1.82, 2.24) is 9.88 Å². The third-order valence-electron chi connectivity index (χ3n) is 4.61. The number of carbonyl (C=O) groups excluding carboxylic acids is 1. The molecule has 1 amide bonds. The predicted octanol–water partition coefficient (Wildman–Crippen LogP) is 4.64. The van der Waals surface area contributed by atoms with E-state index in [1.165, 1.54) is 18.1 Å². The van der Waals surface area contributed by atoms with E-state index < -0.39 is 0 Å². The lowest BCUT2D eigenvalue weighted by molar-refractivity contribution is 0.108. The van der Waals surface area contributed by atoms with Gasteiger partial charge in [-0.3, -0.25) is 4.90 Å². The number of methoxy groups -OCH3 is 1. The van der Waals surface area contributed by atoms with Gasteiger partial charge in [0.15, 0.2) is 0 Å². The number of hydrogen-bond donors (Lipinski definition) is 1. The normalized spacial score (nSPS) is 16.9. The van der Waals surface area contributed by atoms with Gasteiger partial charge in [-0.15, -0.1) is 0 Å². The molecule has 0 saturated heterocycles. The first kappa shape index (κ1) is 15.3. The number of fused-ring (bicyclic) bond motifs is 3. The highest BCUT2D eigenvalue weighted by Crippen LogP contribution is 2.39. The minimum Gasteiger partial charge on any atom is -0.453 e. The molecule has 1 aliphatic rings. The number of ether oxygens (including phenoxy) is 1. The van der Waals surface area contributed by atoms with Crippen LogP contribution >= 0.6 is 15.9 Å². The minimum absolute atomic E-state index is 0.159. The molecule has 0 spiro atoms. The molecule has 1 unspecified atom stereocenters. The van der Waals surface area contributed by atoms with Gasteiger partial charge in [-0.25, -0.2) is 4.79 Å². The zero-order valence-corrected chi connectivity index (χ0v) is 14.8. The smallest absolute Gasteiger partial charge is 0.410 e. The average Bonchev–Trinajstić information content (AvgIpc) is 2.98. The summed E-state index contributed by atoms with van der Waals surface area (Å²) in [4.78, 5) is 17.6. The quantitative estimate of drug-likeness (QED) is 0.663. The molecule has 122 valence electrons. The fourth-order valence-electron chi connectivity index (χ4n) is 3.56. The molecule has 3 aromatic rings. The number of hydrogen-bond acceptors (Lipinski definition) is 2. The van der Waals surface area contributed by atoms with Crippen LogP contribution in [-0.4, -0.2) is 29.6 Å². The fourth-order valence-corrected chi connectivity index (χ4v) is 3.92. The van der Waals surface area contributed by atoms with Gasteiger partial charge in [0.2, 0.25) is 0 Å². The summed E-state index contributed by atoms with van der Waals surface area (Å²) < 4.78 is 6.07. The van der Waals surface area contributed by atoms with E-state index in [2.05, 4.69) is 45.2 Å². The Morgan fingerprint density at radius 1 is 1.25 bits per heavy atom. The number of halogens is 1. The zero-order valence-electron chi connectivity index (χ0n) is 13.3. The van der Waals surface area contributed by atoms with Crippen LogP contribution in [0.5, 0.6) is 0 Å². The SMILES string of the molecule is COC(=O)N1CCc2c([nH]c3ccc(Br)cc23)C1c1ccccc1. The van der Waals surface area contributed by atoms with E-state index in [4.69, 9.17) is 4.74 Å². The molecule has 0 fully saturated rings. The first-order chi connectivity index (χ1) is 11.7. The highest BCUT2D eigenvalue weighted by atomic mass is 79.9. The van der Waals surface area contributed by atoms with E-state index in [1.54, 1.807) is 4.90 Å². The number of rotatable bonds is 1. The Morgan fingerprint density at radius 3 is 2.79 bits per heavy atom. The van der Waals surface area contributed by atoms with Gasteiger partial charge in [-0.05, 0) is 35.7 Å². The molecule has 1 aliphatic heterocycles. The Bertz CT molecular complexity index is 904. The van der Waals surface area contributed by atoms with Gasteiger partial charge < -0.3 is 9.72 Å². The van der Waals surface area contributed by atoms with Crippen LogP contribution in [0, 0.1) is 0 Å². The predicted molar refractivity (Wildman–Crippen MR) is 97.1 cm³/mol. The van der Waals surface area contributed by atoms with Crippen LogP contribution in [0.2, 0.25) is 0 Å². The van der Waals surface area contributed by atoms with Crippen molar-refractivity contribution in [2.45, 2.75) is 12.5 Å². The van der Waals surface area contributed by atoms with Gasteiger partial charge in [0.1, 0.15) is 6.04 Å². The van der Waals surface area contributed by atoms with Crippen LogP contribution in [0.25, 0.3) is 10.9 Å². The second kappa shape index (κ2) is 5.98. The van der Waals surface area contributed by atoms with Gasteiger partial charge >= 0.3 is 6.09 Å². The summed E-state index contributed by atoms with van der Waals surface area (Å²) in [5, 5.41) is 1.21. The Morgan fingerprint density at radius 2 is 2.04 bits per heavy atom. The number of nitrogens with one attached hydrogen (secondary N) is 1. The van der Waals surface area contributed by atoms with Crippen LogP contribution in [0.1, 0.15) is 22.9 Å². The summed E-state index contributed by atoms with van der Waals surface area (Å²) in [6, 6.07) is 16.2. The lowest BCUT2D eigenvalue weighted by atomic mass is 9.93. The van der Waals surface area contributed by atoms with Crippen LogP contribution < -0.4 is 0 Å². The number of carbonyl (C=O) groups is 1. The number of benzene rings is 2. The lowest BCUT2D eigenvalue weighted by Gasteiger charge is -2.35.